The molecule has 9 nitrogen and oxygen atoms in total. The number of hydrogen-bond donors (Lipinski definition) is 1. The molecule has 0 aromatic heterocycles. The minimum Gasteiger partial charge on any atom is -0.490 e. The summed E-state index contributed by atoms with van der Waals surface area (Å²) < 4.78 is 42.4. The number of amides is 1. The second-order valence-corrected chi connectivity index (χ2v) is 18.1. The highest BCUT2D eigenvalue weighted by Crippen LogP contribution is 2.49. The summed E-state index contributed by atoms with van der Waals surface area (Å²) in [6, 6.07) is 11.6. The fourth-order valence-corrected chi connectivity index (χ4v) is 10.8. The Balaban J connectivity index is 1.31. The van der Waals surface area contributed by atoms with E-state index in [9.17, 15) is 13.2 Å². The molecule has 2 aromatic rings. The molecule has 0 unspecified atom stereocenters. The normalized spacial score (nSPS) is 34.0. The number of carbonyl (C=O) groups excluding carboxylic acids is 1. The van der Waals surface area contributed by atoms with Gasteiger partial charge in [0.05, 0.1) is 18.0 Å². The number of carbonyl (C=O) groups is 1. The quantitative estimate of drug-likeness (QED) is 0.423. The highest BCUT2D eigenvalue weighted by atomic mass is 35.5. The minimum atomic E-state index is -3.89. The number of ether oxygens (including phenoxy) is 2. The third-order valence-corrected chi connectivity index (χ3v) is 14.3. The summed E-state index contributed by atoms with van der Waals surface area (Å²) in [5, 5.41) is 0.750. The van der Waals surface area contributed by atoms with E-state index in [-0.39, 0.29) is 28.9 Å². The van der Waals surface area contributed by atoms with Crippen molar-refractivity contribution in [2.75, 3.05) is 77.2 Å². The Morgan fingerprint density at radius 1 is 1.08 bits per heavy atom. The maximum atomic E-state index is 13.5. The first-order valence-electron chi connectivity index (χ1n) is 18.4. The predicted molar refractivity (Wildman–Crippen MR) is 199 cm³/mol. The van der Waals surface area contributed by atoms with E-state index in [0.29, 0.717) is 18.1 Å². The van der Waals surface area contributed by atoms with Crippen molar-refractivity contribution in [2.45, 2.75) is 57.0 Å². The molecule has 5 aliphatic rings. The van der Waals surface area contributed by atoms with Gasteiger partial charge in [-0.25, -0.2) is 13.1 Å². The van der Waals surface area contributed by atoms with Crippen molar-refractivity contribution in [2.24, 2.45) is 23.7 Å². The maximum Gasteiger partial charge on any atom is 0.264 e. The highest BCUT2D eigenvalue weighted by molar-refractivity contribution is 7.90. The van der Waals surface area contributed by atoms with Gasteiger partial charge in [0.15, 0.2) is 0 Å². The van der Waals surface area contributed by atoms with E-state index in [0.717, 1.165) is 94.4 Å². The number of hydrogen-bond acceptors (Lipinski definition) is 8. The molecule has 50 heavy (non-hydrogen) atoms. The van der Waals surface area contributed by atoms with Crippen LogP contribution >= 0.6 is 11.6 Å². The molecule has 2 bridgehead atoms. The van der Waals surface area contributed by atoms with E-state index >= 15 is 0 Å². The Morgan fingerprint density at radius 3 is 2.62 bits per heavy atom. The first-order chi connectivity index (χ1) is 23.9. The molecule has 1 N–H and O–H groups in total. The molecule has 2 aliphatic carbocycles. The van der Waals surface area contributed by atoms with Crippen LogP contribution in [0.15, 0.2) is 48.6 Å². The molecule has 2 fully saturated rings. The van der Waals surface area contributed by atoms with Crippen LogP contribution in [0.2, 0.25) is 5.02 Å². The van der Waals surface area contributed by atoms with Crippen LogP contribution in [0.5, 0.6) is 5.75 Å². The van der Waals surface area contributed by atoms with Crippen molar-refractivity contribution < 1.29 is 22.7 Å². The number of benzene rings is 2. The van der Waals surface area contributed by atoms with Crippen LogP contribution in [0, 0.1) is 23.7 Å². The average Bonchev–Trinajstić information content (AvgIpc) is 3.22. The van der Waals surface area contributed by atoms with Gasteiger partial charge in [0.2, 0.25) is 10.0 Å². The number of sulfonamides is 1. The topological polar surface area (TPSA) is 91.4 Å². The lowest BCUT2D eigenvalue weighted by Gasteiger charge is -2.52. The number of nitrogens with one attached hydrogen (secondary N) is 1. The number of anilines is 1. The van der Waals surface area contributed by atoms with Crippen molar-refractivity contribution >= 4 is 33.2 Å². The number of piperazine rings is 1. The van der Waals surface area contributed by atoms with Gasteiger partial charge < -0.3 is 19.3 Å². The van der Waals surface area contributed by atoms with Gasteiger partial charge in [-0.1, -0.05) is 43.7 Å². The summed E-state index contributed by atoms with van der Waals surface area (Å²) in [6.07, 6.45) is 9.58. The molecule has 2 aromatic carbocycles. The zero-order chi connectivity index (χ0) is 35.3. The fourth-order valence-electron chi connectivity index (χ4n) is 9.15. The minimum absolute atomic E-state index is 0.0384. The largest absolute Gasteiger partial charge is 0.490 e. The molecule has 3 aliphatic heterocycles. The molecular weight excluding hydrogens is 672 g/mol. The third-order valence-electron chi connectivity index (χ3n) is 12.6. The lowest BCUT2D eigenvalue weighted by atomic mass is 9.63. The Hall–Kier alpha value is -2.63. The summed E-state index contributed by atoms with van der Waals surface area (Å²) in [5.74, 6) is 0.331. The van der Waals surface area contributed by atoms with Crippen molar-refractivity contribution in [3.63, 3.8) is 0 Å². The Labute approximate surface area is 303 Å². The van der Waals surface area contributed by atoms with Crippen LogP contribution in [0.25, 0.3) is 0 Å². The monoisotopic (exact) mass is 724 g/mol. The lowest BCUT2D eigenvalue weighted by molar-refractivity contribution is -0.0950. The lowest BCUT2D eigenvalue weighted by Crippen LogP contribution is -2.58. The maximum absolute atomic E-state index is 13.5. The molecule has 1 saturated heterocycles. The van der Waals surface area contributed by atoms with E-state index in [2.05, 4.69) is 57.7 Å². The fraction of sp³-hybridized carbons (Fsp3) is 0.615. The van der Waals surface area contributed by atoms with E-state index < -0.39 is 21.5 Å². The molecule has 272 valence electrons. The molecule has 1 spiro atoms. The van der Waals surface area contributed by atoms with Gasteiger partial charge >= 0.3 is 0 Å². The summed E-state index contributed by atoms with van der Waals surface area (Å²) in [4.78, 5) is 20.9. The second-order valence-electron chi connectivity index (χ2n) is 15.9. The van der Waals surface area contributed by atoms with Crippen LogP contribution in [0.4, 0.5) is 5.69 Å². The number of fused-ring (bicyclic) bond motifs is 4. The molecule has 7 rings (SSSR count). The van der Waals surface area contributed by atoms with Gasteiger partial charge in [0.25, 0.3) is 5.91 Å². The SMILES string of the molecule is CO[C@]1(CN2CCN(C)CC2)/C=C/[C@H](C)[C@H](C)CS(=O)(=O)NC(=O)c2ccc3c(c2)N(C[C@@H]2CC[C@H]21)C[C@@]1(CCCc2cc(Cl)ccc21)CO3. The van der Waals surface area contributed by atoms with E-state index in [1.165, 1.54) is 11.1 Å². The molecule has 0 radical (unpaired) electrons. The number of halogens is 1. The molecular formula is C39H53ClN4O5S. The van der Waals surface area contributed by atoms with Gasteiger partial charge in [0.1, 0.15) is 11.4 Å². The number of allylic oxidation sites excluding steroid dienone is 1. The van der Waals surface area contributed by atoms with Gasteiger partial charge in [-0.3, -0.25) is 9.69 Å². The summed E-state index contributed by atoms with van der Waals surface area (Å²) in [7, 11) is 0.133. The zero-order valence-corrected chi connectivity index (χ0v) is 31.6. The van der Waals surface area contributed by atoms with E-state index in [1.807, 2.05) is 32.2 Å². The molecule has 6 atom stereocenters. The third kappa shape index (κ3) is 7.07. The van der Waals surface area contributed by atoms with Gasteiger partial charge in [0, 0.05) is 68.9 Å². The summed E-state index contributed by atoms with van der Waals surface area (Å²) in [5.41, 5.74) is 2.94. The Kier molecular flexibility index (Phi) is 10.1. The van der Waals surface area contributed by atoms with Crippen molar-refractivity contribution in [1.29, 1.82) is 0 Å². The number of rotatable bonds is 3. The van der Waals surface area contributed by atoms with Crippen LogP contribution in [-0.4, -0.2) is 102 Å². The van der Waals surface area contributed by atoms with Gasteiger partial charge in [-0.05, 0) is 104 Å². The second kappa shape index (κ2) is 14.1. The summed E-state index contributed by atoms with van der Waals surface area (Å²) in [6.45, 7) is 10.8. The molecule has 11 heteroatoms. The molecule has 3 heterocycles. The smallest absolute Gasteiger partial charge is 0.264 e. The van der Waals surface area contributed by atoms with Crippen LogP contribution in [0.1, 0.15) is 61.0 Å². The highest BCUT2D eigenvalue weighted by Gasteiger charge is 2.50. The van der Waals surface area contributed by atoms with E-state index in [1.54, 1.807) is 6.07 Å². The average molecular weight is 725 g/mol. The van der Waals surface area contributed by atoms with Gasteiger partial charge in [-0.15, -0.1) is 0 Å². The van der Waals surface area contributed by atoms with Crippen LogP contribution in [0.3, 0.4) is 0 Å². The number of aryl methyl sites for hydroxylation is 1. The van der Waals surface area contributed by atoms with Crippen molar-refractivity contribution in [3.05, 3.63) is 70.3 Å². The van der Waals surface area contributed by atoms with Crippen molar-refractivity contribution in [1.82, 2.24) is 14.5 Å². The molecule has 1 amide bonds. The number of nitrogens with zero attached hydrogens (tertiary/aromatic N) is 3. The number of methoxy groups -OCH3 is 1. The zero-order valence-electron chi connectivity index (χ0n) is 30.0. The van der Waals surface area contributed by atoms with Gasteiger partial charge in [-0.2, -0.15) is 0 Å². The summed E-state index contributed by atoms with van der Waals surface area (Å²) >= 11 is 6.49. The first kappa shape index (κ1) is 35.8. The Morgan fingerprint density at radius 2 is 1.88 bits per heavy atom. The van der Waals surface area contributed by atoms with Crippen LogP contribution < -0.4 is 14.4 Å². The Bertz CT molecular complexity index is 1730. The number of likely N-dealkylation sites (N-methyl/N-ethyl adjacent to an activating group) is 1. The van der Waals surface area contributed by atoms with E-state index in [4.69, 9.17) is 21.1 Å². The first-order valence-corrected chi connectivity index (χ1v) is 20.4. The molecule has 1 saturated carbocycles. The standard InChI is InChI=1S/C39H53ClN4O5S/c1-27-13-15-39(48-4,25-43-18-16-42(3)17-19-43)34-10-7-31(34)22-44-24-38(14-5-6-29-20-32(40)9-11-33(29)38)26-49-36-12-8-30(21-35(36)44)37(45)41-50(46,47)23-28(27)2/h8-9,11-13,15,20-21,27-28,31,34H,5-7,10,14,16-19,22-26H2,1-4H3,(H,41,45)/b15-13+/t27-,28+,31-,34+,38-,39-/m0/s1. The van der Waals surface area contributed by atoms with Crippen molar-refractivity contribution in [3.8, 4) is 5.75 Å². The van der Waals surface area contributed by atoms with Crippen LogP contribution in [-0.2, 0) is 26.6 Å². The predicted octanol–water partition coefficient (Wildman–Crippen LogP) is 5.37.